The minimum atomic E-state index is -0.363. The summed E-state index contributed by atoms with van der Waals surface area (Å²) in [5, 5.41) is 5.47. The maximum absolute atomic E-state index is 12.8. The van der Waals surface area contributed by atoms with E-state index in [4.69, 9.17) is 0 Å². The van der Waals surface area contributed by atoms with Crippen LogP contribution in [-0.4, -0.2) is 37.9 Å². The number of nitrogens with zero attached hydrogens (tertiary/aromatic N) is 4. The summed E-state index contributed by atoms with van der Waals surface area (Å²) in [6.07, 6.45) is 3.99. The number of rotatable bonds is 4. The van der Waals surface area contributed by atoms with E-state index in [1.807, 2.05) is 12.1 Å². The molecule has 0 aliphatic carbocycles. The molecule has 3 heterocycles. The van der Waals surface area contributed by atoms with Crippen molar-refractivity contribution in [2.75, 3.05) is 17.2 Å². The van der Waals surface area contributed by atoms with Gasteiger partial charge in [-0.15, -0.1) is 0 Å². The van der Waals surface area contributed by atoms with E-state index >= 15 is 0 Å². The standard InChI is InChI=1S/C23H24N6O3/c1-15-25-20-9-12-29(14-19(20)22(31)28(15)2)21(30)13-16-3-5-17(6-4-16)26-23(32)27-18-7-10-24-11-8-18/h3-8,10-11H,9,12-14H2,1-2H3,(H2,24,26,27,32). The van der Waals surface area contributed by atoms with Gasteiger partial charge in [-0.05, 0) is 36.8 Å². The van der Waals surface area contributed by atoms with Crippen LogP contribution in [0.15, 0.2) is 53.6 Å². The van der Waals surface area contributed by atoms with Crippen LogP contribution in [0.2, 0.25) is 0 Å². The molecule has 0 bridgehead atoms. The van der Waals surface area contributed by atoms with Gasteiger partial charge >= 0.3 is 6.03 Å². The van der Waals surface area contributed by atoms with Crippen LogP contribution in [0.3, 0.4) is 0 Å². The Kier molecular flexibility index (Phi) is 5.98. The Balaban J connectivity index is 1.35. The van der Waals surface area contributed by atoms with Crippen molar-refractivity contribution in [3.8, 4) is 0 Å². The van der Waals surface area contributed by atoms with Crippen LogP contribution in [0.1, 0.15) is 22.6 Å². The Morgan fingerprint density at radius 1 is 1.03 bits per heavy atom. The van der Waals surface area contributed by atoms with Gasteiger partial charge < -0.3 is 15.5 Å². The van der Waals surface area contributed by atoms with Gasteiger partial charge in [-0.3, -0.25) is 19.1 Å². The number of anilines is 2. The van der Waals surface area contributed by atoms with E-state index in [0.717, 1.165) is 11.3 Å². The van der Waals surface area contributed by atoms with E-state index in [0.29, 0.717) is 35.7 Å². The largest absolute Gasteiger partial charge is 0.337 e. The number of amides is 3. The molecular weight excluding hydrogens is 408 g/mol. The Hall–Kier alpha value is -4.01. The monoisotopic (exact) mass is 432 g/mol. The van der Waals surface area contributed by atoms with Crippen LogP contribution in [0.25, 0.3) is 0 Å². The van der Waals surface area contributed by atoms with Gasteiger partial charge in [0.25, 0.3) is 5.56 Å². The first-order chi connectivity index (χ1) is 15.4. The summed E-state index contributed by atoms with van der Waals surface area (Å²) in [4.78, 5) is 47.6. The molecule has 0 spiro atoms. The van der Waals surface area contributed by atoms with E-state index in [2.05, 4.69) is 20.6 Å². The summed E-state index contributed by atoms with van der Waals surface area (Å²) in [5.74, 6) is 0.631. The fraction of sp³-hybridized carbons (Fsp3) is 0.261. The summed E-state index contributed by atoms with van der Waals surface area (Å²) >= 11 is 0. The molecule has 0 radical (unpaired) electrons. The number of urea groups is 1. The van der Waals surface area contributed by atoms with Crippen LogP contribution >= 0.6 is 0 Å². The number of nitrogens with one attached hydrogen (secondary N) is 2. The van der Waals surface area contributed by atoms with Gasteiger partial charge in [-0.2, -0.15) is 0 Å². The number of hydrogen-bond donors (Lipinski definition) is 2. The van der Waals surface area contributed by atoms with Gasteiger partial charge in [0.1, 0.15) is 5.82 Å². The molecule has 164 valence electrons. The minimum absolute atomic E-state index is 0.0468. The molecule has 4 rings (SSSR count). The molecule has 32 heavy (non-hydrogen) atoms. The number of carbonyl (C=O) groups excluding carboxylic acids is 2. The third-order valence-electron chi connectivity index (χ3n) is 5.52. The number of fused-ring (bicyclic) bond motifs is 1. The number of hydrogen-bond acceptors (Lipinski definition) is 5. The van der Waals surface area contributed by atoms with Crippen molar-refractivity contribution in [3.63, 3.8) is 0 Å². The van der Waals surface area contributed by atoms with E-state index in [9.17, 15) is 14.4 Å². The molecule has 0 saturated carbocycles. The van der Waals surface area contributed by atoms with Crippen molar-refractivity contribution in [1.29, 1.82) is 0 Å². The van der Waals surface area contributed by atoms with E-state index in [-0.39, 0.29) is 30.5 Å². The fourth-order valence-electron chi connectivity index (χ4n) is 3.62. The molecule has 9 heteroatoms. The van der Waals surface area contributed by atoms with Crippen LogP contribution < -0.4 is 16.2 Å². The second kappa shape index (κ2) is 9.01. The highest BCUT2D eigenvalue weighted by molar-refractivity contribution is 5.99. The van der Waals surface area contributed by atoms with E-state index in [1.54, 1.807) is 55.5 Å². The van der Waals surface area contributed by atoms with Crippen molar-refractivity contribution >= 4 is 23.3 Å². The normalized spacial score (nSPS) is 12.8. The zero-order chi connectivity index (χ0) is 22.7. The van der Waals surface area contributed by atoms with Crippen molar-refractivity contribution in [1.82, 2.24) is 19.4 Å². The Labute approximate surface area is 185 Å². The van der Waals surface area contributed by atoms with Crippen LogP contribution in [0, 0.1) is 6.92 Å². The van der Waals surface area contributed by atoms with Crippen LogP contribution in [0.5, 0.6) is 0 Å². The number of aromatic nitrogens is 3. The maximum atomic E-state index is 12.8. The number of aryl methyl sites for hydroxylation is 1. The lowest BCUT2D eigenvalue weighted by atomic mass is 10.0. The van der Waals surface area contributed by atoms with Crippen molar-refractivity contribution < 1.29 is 9.59 Å². The predicted octanol–water partition coefficient (Wildman–Crippen LogP) is 2.26. The number of benzene rings is 1. The van der Waals surface area contributed by atoms with E-state index in [1.165, 1.54) is 4.57 Å². The van der Waals surface area contributed by atoms with Gasteiger partial charge in [0, 0.05) is 43.8 Å². The van der Waals surface area contributed by atoms with Gasteiger partial charge in [0.2, 0.25) is 5.91 Å². The Bertz CT molecular complexity index is 1200. The zero-order valence-corrected chi connectivity index (χ0v) is 18.0. The van der Waals surface area contributed by atoms with Crippen molar-refractivity contribution in [2.45, 2.75) is 26.3 Å². The number of carbonyl (C=O) groups is 2. The fourth-order valence-corrected chi connectivity index (χ4v) is 3.62. The second-order valence-corrected chi connectivity index (χ2v) is 7.70. The molecular formula is C23H24N6O3. The zero-order valence-electron chi connectivity index (χ0n) is 18.0. The average Bonchev–Trinajstić information content (AvgIpc) is 2.79. The molecule has 0 atom stereocenters. The molecule has 2 N–H and O–H groups in total. The first-order valence-electron chi connectivity index (χ1n) is 10.3. The van der Waals surface area contributed by atoms with Crippen molar-refractivity contribution in [2.24, 2.45) is 7.05 Å². The first kappa shape index (κ1) is 21.2. The topological polar surface area (TPSA) is 109 Å². The lowest BCUT2D eigenvalue weighted by Gasteiger charge is -2.28. The van der Waals surface area contributed by atoms with E-state index < -0.39 is 0 Å². The summed E-state index contributed by atoms with van der Waals surface area (Å²) in [6, 6.07) is 10.1. The summed E-state index contributed by atoms with van der Waals surface area (Å²) in [7, 11) is 1.69. The van der Waals surface area contributed by atoms with Crippen LogP contribution in [-0.2, 0) is 31.2 Å². The first-order valence-corrected chi connectivity index (χ1v) is 10.3. The molecule has 2 aromatic heterocycles. The van der Waals surface area contributed by atoms with Gasteiger partial charge in [0.15, 0.2) is 0 Å². The lowest BCUT2D eigenvalue weighted by Crippen LogP contribution is -2.41. The Morgan fingerprint density at radius 2 is 1.69 bits per heavy atom. The number of pyridine rings is 1. The maximum Gasteiger partial charge on any atom is 0.323 e. The molecule has 3 aromatic rings. The lowest BCUT2D eigenvalue weighted by molar-refractivity contribution is -0.131. The summed E-state index contributed by atoms with van der Waals surface area (Å²) in [5.41, 5.74) is 3.38. The molecule has 9 nitrogen and oxygen atoms in total. The van der Waals surface area contributed by atoms with Gasteiger partial charge in [-0.25, -0.2) is 9.78 Å². The Morgan fingerprint density at radius 3 is 2.38 bits per heavy atom. The molecule has 0 saturated heterocycles. The molecule has 1 aromatic carbocycles. The highest BCUT2D eigenvalue weighted by atomic mass is 16.2. The molecule has 0 unspecified atom stereocenters. The highest BCUT2D eigenvalue weighted by Crippen LogP contribution is 2.17. The molecule has 0 fully saturated rings. The van der Waals surface area contributed by atoms with Gasteiger partial charge in [-0.1, -0.05) is 12.1 Å². The molecule has 1 aliphatic rings. The minimum Gasteiger partial charge on any atom is -0.337 e. The second-order valence-electron chi connectivity index (χ2n) is 7.70. The smallest absolute Gasteiger partial charge is 0.323 e. The predicted molar refractivity (Wildman–Crippen MR) is 120 cm³/mol. The quantitative estimate of drug-likeness (QED) is 0.657. The average molecular weight is 432 g/mol. The van der Waals surface area contributed by atoms with Gasteiger partial charge in [0.05, 0.1) is 24.2 Å². The molecule has 3 amide bonds. The van der Waals surface area contributed by atoms with Crippen LogP contribution in [0.4, 0.5) is 16.2 Å². The summed E-state index contributed by atoms with van der Waals surface area (Å²) < 4.78 is 1.52. The SMILES string of the molecule is Cc1nc2c(c(=O)n1C)CN(C(=O)Cc1ccc(NC(=O)Nc3ccncc3)cc1)CC2. The highest BCUT2D eigenvalue weighted by Gasteiger charge is 2.25. The third kappa shape index (κ3) is 4.66. The summed E-state index contributed by atoms with van der Waals surface area (Å²) in [6.45, 7) is 2.63. The van der Waals surface area contributed by atoms with Crippen molar-refractivity contribution in [3.05, 3.63) is 81.8 Å². The third-order valence-corrected chi connectivity index (χ3v) is 5.52. The molecule has 1 aliphatic heterocycles.